The number of ether oxygens (including phenoxy) is 2. The molecule has 0 bridgehead atoms. The molecule has 0 heterocycles. The Morgan fingerprint density at radius 1 is 1.21 bits per heavy atom. The molecule has 19 heavy (non-hydrogen) atoms. The van der Waals surface area contributed by atoms with Crippen LogP contribution in [0.15, 0.2) is 24.3 Å². The molecule has 0 saturated carbocycles. The lowest BCUT2D eigenvalue weighted by Gasteiger charge is -2.26. The van der Waals surface area contributed by atoms with Gasteiger partial charge >= 0.3 is 0 Å². The van der Waals surface area contributed by atoms with Crippen molar-refractivity contribution < 1.29 is 9.47 Å². The van der Waals surface area contributed by atoms with Crippen LogP contribution in [0.25, 0.3) is 0 Å². The van der Waals surface area contributed by atoms with Crippen molar-refractivity contribution in [1.82, 2.24) is 0 Å². The number of benzene rings is 1. The van der Waals surface area contributed by atoms with Crippen LogP contribution in [0, 0.1) is 6.92 Å². The van der Waals surface area contributed by atoms with Gasteiger partial charge in [-0.1, -0.05) is 29.8 Å². The summed E-state index contributed by atoms with van der Waals surface area (Å²) in [6.45, 7) is 8.81. The quantitative estimate of drug-likeness (QED) is 0.823. The maximum absolute atomic E-state index is 6.03. The van der Waals surface area contributed by atoms with E-state index in [0.29, 0.717) is 6.61 Å². The highest BCUT2D eigenvalue weighted by atomic mass is 16.5. The van der Waals surface area contributed by atoms with Crippen molar-refractivity contribution in [3.8, 4) is 0 Å². The zero-order chi connectivity index (χ0) is 14.5. The Hall–Kier alpha value is -0.900. The molecule has 2 atom stereocenters. The summed E-state index contributed by atoms with van der Waals surface area (Å²) >= 11 is 0. The predicted octanol–water partition coefficient (Wildman–Crippen LogP) is 3.22. The largest absolute Gasteiger partial charge is 0.379 e. The summed E-state index contributed by atoms with van der Waals surface area (Å²) in [5, 5.41) is 0. The molecule has 0 saturated heterocycles. The third kappa shape index (κ3) is 5.31. The molecule has 2 unspecified atom stereocenters. The second-order valence-electron chi connectivity index (χ2n) is 5.78. The van der Waals surface area contributed by atoms with Gasteiger partial charge in [0.2, 0.25) is 0 Å². The molecular weight excluding hydrogens is 238 g/mol. The Balaban J connectivity index is 2.62. The molecule has 1 aromatic carbocycles. The normalized spacial score (nSPS) is 15.3. The highest BCUT2D eigenvalue weighted by Gasteiger charge is 2.20. The zero-order valence-corrected chi connectivity index (χ0v) is 12.8. The fourth-order valence-electron chi connectivity index (χ4n) is 1.84. The van der Waals surface area contributed by atoms with Gasteiger partial charge in [0, 0.05) is 13.2 Å². The number of methoxy groups -OCH3 is 1. The molecule has 0 aliphatic carbocycles. The summed E-state index contributed by atoms with van der Waals surface area (Å²) in [5.41, 5.74) is 8.25. The summed E-state index contributed by atoms with van der Waals surface area (Å²) < 4.78 is 11.4. The van der Waals surface area contributed by atoms with Crippen molar-refractivity contribution in [2.75, 3.05) is 13.7 Å². The number of nitrogens with two attached hydrogens (primary N) is 1. The van der Waals surface area contributed by atoms with Crippen LogP contribution < -0.4 is 5.73 Å². The average Bonchev–Trinajstić information content (AvgIpc) is 2.36. The van der Waals surface area contributed by atoms with E-state index >= 15 is 0 Å². The van der Waals surface area contributed by atoms with Gasteiger partial charge in [0.05, 0.1) is 18.3 Å². The van der Waals surface area contributed by atoms with E-state index in [0.717, 1.165) is 12.0 Å². The lowest BCUT2D eigenvalue weighted by Crippen LogP contribution is -2.30. The van der Waals surface area contributed by atoms with Gasteiger partial charge in [0.1, 0.15) is 0 Å². The van der Waals surface area contributed by atoms with Crippen molar-refractivity contribution >= 4 is 0 Å². The first-order chi connectivity index (χ1) is 8.85. The average molecular weight is 265 g/mol. The Bertz CT molecular complexity index is 371. The maximum Gasteiger partial charge on any atom is 0.0972 e. The molecule has 0 aliphatic rings. The molecule has 1 aromatic rings. The van der Waals surface area contributed by atoms with Crippen LogP contribution in [0.3, 0.4) is 0 Å². The topological polar surface area (TPSA) is 44.5 Å². The fourth-order valence-corrected chi connectivity index (χ4v) is 1.84. The third-order valence-corrected chi connectivity index (χ3v) is 3.44. The molecule has 0 spiro atoms. The van der Waals surface area contributed by atoms with Gasteiger partial charge in [-0.15, -0.1) is 0 Å². The van der Waals surface area contributed by atoms with E-state index in [9.17, 15) is 0 Å². The Labute approximate surface area is 117 Å². The van der Waals surface area contributed by atoms with Crippen molar-refractivity contribution in [2.24, 2.45) is 5.73 Å². The van der Waals surface area contributed by atoms with Crippen LogP contribution in [0.1, 0.15) is 44.4 Å². The minimum Gasteiger partial charge on any atom is -0.379 e. The summed E-state index contributed by atoms with van der Waals surface area (Å²) in [6, 6.07) is 8.32. The molecule has 2 N–H and O–H groups in total. The number of hydrogen-bond acceptors (Lipinski definition) is 3. The fraction of sp³-hybridized carbons (Fsp3) is 0.625. The lowest BCUT2D eigenvalue weighted by molar-refractivity contribution is -0.0317. The smallest absolute Gasteiger partial charge is 0.0972 e. The Morgan fingerprint density at radius 3 is 2.26 bits per heavy atom. The highest BCUT2D eigenvalue weighted by molar-refractivity contribution is 5.24. The molecule has 3 nitrogen and oxygen atoms in total. The molecule has 1 rings (SSSR count). The molecule has 0 amide bonds. The van der Waals surface area contributed by atoms with Crippen LogP contribution in [-0.2, 0) is 9.47 Å². The Kier molecular flexibility index (Phi) is 5.98. The first-order valence-electron chi connectivity index (χ1n) is 6.84. The van der Waals surface area contributed by atoms with E-state index in [4.69, 9.17) is 15.2 Å². The molecule has 0 aromatic heterocycles. The second-order valence-corrected chi connectivity index (χ2v) is 5.78. The minimum atomic E-state index is -0.157. The molecule has 0 radical (unpaired) electrons. The van der Waals surface area contributed by atoms with E-state index in [1.54, 1.807) is 7.11 Å². The van der Waals surface area contributed by atoms with Crippen LogP contribution in [0.4, 0.5) is 0 Å². The van der Waals surface area contributed by atoms with Gasteiger partial charge in [0.25, 0.3) is 0 Å². The van der Waals surface area contributed by atoms with E-state index in [1.807, 2.05) is 6.92 Å². The summed E-state index contributed by atoms with van der Waals surface area (Å²) in [7, 11) is 1.73. The van der Waals surface area contributed by atoms with Crippen LogP contribution in [0.2, 0.25) is 0 Å². The van der Waals surface area contributed by atoms with E-state index in [-0.39, 0.29) is 17.7 Å². The lowest BCUT2D eigenvalue weighted by atomic mass is 10.0. The highest BCUT2D eigenvalue weighted by Crippen LogP contribution is 2.22. The number of rotatable bonds is 7. The molecule has 0 fully saturated rings. The van der Waals surface area contributed by atoms with Crippen molar-refractivity contribution in [3.05, 3.63) is 35.4 Å². The number of aryl methyl sites for hydroxylation is 1. The minimum absolute atomic E-state index is 0.0339. The van der Waals surface area contributed by atoms with Crippen molar-refractivity contribution in [3.63, 3.8) is 0 Å². The SMILES string of the molecule is COC(C)(C)CCOC(c1ccc(C)cc1)C(C)N. The molecule has 0 aliphatic heterocycles. The number of hydrogen-bond donors (Lipinski definition) is 1. The molecule has 3 heteroatoms. The Morgan fingerprint density at radius 2 is 1.79 bits per heavy atom. The van der Waals surface area contributed by atoms with E-state index in [1.165, 1.54) is 5.56 Å². The maximum atomic E-state index is 6.03. The first kappa shape index (κ1) is 16.2. The van der Waals surface area contributed by atoms with Crippen LogP contribution >= 0.6 is 0 Å². The van der Waals surface area contributed by atoms with Gasteiger partial charge in [0.15, 0.2) is 0 Å². The van der Waals surface area contributed by atoms with Gasteiger partial charge in [-0.2, -0.15) is 0 Å². The summed E-state index contributed by atoms with van der Waals surface area (Å²) in [6.07, 6.45) is 0.784. The predicted molar refractivity (Wildman–Crippen MR) is 79.2 cm³/mol. The second kappa shape index (κ2) is 7.04. The van der Waals surface area contributed by atoms with Gasteiger partial charge < -0.3 is 15.2 Å². The van der Waals surface area contributed by atoms with Gasteiger partial charge in [-0.05, 0) is 39.7 Å². The monoisotopic (exact) mass is 265 g/mol. The first-order valence-corrected chi connectivity index (χ1v) is 6.84. The van der Waals surface area contributed by atoms with Crippen LogP contribution in [-0.4, -0.2) is 25.4 Å². The van der Waals surface area contributed by atoms with Gasteiger partial charge in [-0.3, -0.25) is 0 Å². The van der Waals surface area contributed by atoms with Crippen molar-refractivity contribution in [2.45, 2.75) is 51.9 Å². The van der Waals surface area contributed by atoms with Crippen molar-refractivity contribution in [1.29, 1.82) is 0 Å². The van der Waals surface area contributed by atoms with E-state index in [2.05, 4.69) is 45.0 Å². The standard InChI is InChI=1S/C16H27NO2/c1-12-6-8-14(9-7-12)15(13(2)17)19-11-10-16(3,4)18-5/h6-9,13,15H,10-11,17H2,1-5H3. The molecule has 108 valence electrons. The third-order valence-electron chi connectivity index (χ3n) is 3.44. The van der Waals surface area contributed by atoms with Crippen LogP contribution in [0.5, 0.6) is 0 Å². The van der Waals surface area contributed by atoms with Gasteiger partial charge in [-0.25, -0.2) is 0 Å². The zero-order valence-electron chi connectivity index (χ0n) is 12.8. The molecular formula is C16H27NO2. The summed E-state index contributed by atoms with van der Waals surface area (Å²) in [4.78, 5) is 0. The summed E-state index contributed by atoms with van der Waals surface area (Å²) in [5.74, 6) is 0. The van der Waals surface area contributed by atoms with E-state index < -0.39 is 0 Å².